The summed E-state index contributed by atoms with van der Waals surface area (Å²) in [6.45, 7) is 6.64. The van der Waals surface area contributed by atoms with Crippen LogP contribution in [0.3, 0.4) is 0 Å². The lowest BCUT2D eigenvalue weighted by Gasteiger charge is -2.32. The van der Waals surface area contributed by atoms with Crippen molar-refractivity contribution in [2.24, 2.45) is 0 Å². The molecule has 2 atom stereocenters. The van der Waals surface area contributed by atoms with Crippen molar-refractivity contribution in [3.63, 3.8) is 0 Å². The normalized spacial score (nSPS) is 24.3. The Hall–Kier alpha value is -0.530. The molecule has 2 unspecified atom stereocenters. The van der Waals surface area contributed by atoms with Gasteiger partial charge in [0.1, 0.15) is 0 Å². The van der Waals surface area contributed by atoms with Crippen molar-refractivity contribution in [2.75, 3.05) is 7.05 Å². The lowest BCUT2D eigenvalue weighted by atomic mass is 9.78. The van der Waals surface area contributed by atoms with Crippen molar-refractivity contribution in [1.82, 2.24) is 5.32 Å². The van der Waals surface area contributed by atoms with E-state index >= 15 is 0 Å². The third-order valence-corrected chi connectivity index (χ3v) is 4.28. The van der Waals surface area contributed by atoms with E-state index in [0.717, 1.165) is 5.02 Å². The van der Waals surface area contributed by atoms with E-state index in [9.17, 15) is 0 Å². The highest BCUT2D eigenvalue weighted by Gasteiger charge is 2.28. The highest BCUT2D eigenvalue weighted by atomic mass is 35.5. The molecule has 16 heavy (non-hydrogen) atoms. The second-order valence-corrected chi connectivity index (χ2v) is 5.35. The van der Waals surface area contributed by atoms with Gasteiger partial charge >= 0.3 is 0 Å². The SMILES string of the molecule is CNC1CCC(C)c2c(Cl)cc(C)c(C)c21. The topological polar surface area (TPSA) is 12.0 Å². The van der Waals surface area contributed by atoms with Gasteiger partial charge in [0, 0.05) is 11.1 Å². The third kappa shape index (κ3) is 1.76. The zero-order valence-corrected chi connectivity index (χ0v) is 11.3. The van der Waals surface area contributed by atoms with Gasteiger partial charge in [-0.3, -0.25) is 0 Å². The average molecular weight is 238 g/mol. The van der Waals surface area contributed by atoms with Gasteiger partial charge in [-0.05, 0) is 68.0 Å². The van der Waals surface area contributed by atoms with Gasteiger partial charge < -0.3 is 5.32 Å². The number of rotatable bonds is 1. The molecule has 88 valence electrons. The molecule has 2 rings (SSSR count). The molecule has 0 saturated heterocycles. The second-order valence-electron chi connectivity index (χ2n) is 4.95. The fourth-order valence-corrected chi connectivity index (χ4v) is 3.31. The lowest BCUT2D eigenvalue weighted by molar-refractivity contribution is 0.457. The first-order valence-corrected chi connectivity index (χ1v) is 6.40. The van der Waals surface area contributed by atoms with Crippen LogP contribution in [0.5, 0.6) is 0 Å². The molecule has 0 aliphatic heterocycles. The first kappa shape index (κ1) is 11.9. The van der Waals surface area contributed by atoms with E-state index in [1.165, 1.54) is 35.1 Å². The van der Waals surface area contributed by atoms with Crippen LogP contribution in [0, 0.1) is 13.8 Å². The standard InChI is InChI=1S/C14H20ClN/c1-8-5-6-12(16-4)14-10(3)9(2)7-11(15)13(8)14/h7-8,12,16H,5-6H2,1-4H3. The minimum absolute atomic E-state index is 0.476. The zero-order chi connectivity index (χ0) is 11.9. The van der Waals surface area contributed by atoms with Crippen LogP contribution in [0.4, 0.5) is 0 Å². The highest BCUT2D eigenvalue weighted by molar-refractivity contribution is 6.31. The van der Waals surface area contributed by atoms with E-state index in [1.54, 1.807) is 0 Å². The van der Waals surface area contributed by atoms with Gasteiger partial charge in [-0.1, -0.05) is 18.5 Å². The Labute approximate surface area is 103 Å². The molecular weight excluding hydrogens is 218 g/mol. The molecular formula is C14H20ClN. The number of aryl methyl sites for hydroxylation is 1. The van der Waals surface area contributed by atoms with Crippen LogP contribution in [-0.2, 0) is 0 Å². The summed E-state index contributed by atoms with van der Waals surface area (Å²) < 4.78 is 0. The Morgan fingerprint density at radius 2 is 1.94 bits per heavy atom. The van der Waals surface area contributed by atoms with Crippen LogP contribution in [0.1, 0.15) is 54.0 Å². The minimum Gasteiger partial charge on any atom is -0.313 e. The zero-order valence-electron chi connectivity index (χ0n) is 10.5. The molecule has 0 fully saturated rings. The largest absolute Gasteiger partial charge is 0.313 e. The van der Waals surface area contributed by atoms with E-state index < -0.39 is 0 Å². The lowest BCUT2D eigenvalue weighted by Crippen LogP contribution is -2.24. The predicted octanol–water partition coefficient (Wildman–Crippen LogP) is 4.11. The quantitative estimate of drug-likeness (QED) is 0.775. The van der Waals surface area contributed by atoms with Gasteiger partial charge in [0.05, 0.1) is 0 Å². The van der Waals surface area contributed by atoms with Crippen LogP contribution >= 0.6 is 11.6 Å². The summed E-state index contributed by atoms with van der Waals surface area (Å²) >= 11 is 6.41. The van der Waals surface area contributed by atoms with Gasteiger partial charge in [-0.15, -0.1) is 0 Å². The molecule has 1 nitrogen and oxygen atoms in total. The minimum atomic E-state index is 0.476. The molecule has 0 saturated carbocycles. The van der Waals surface area contributed by atoms with Crippen molar-refractivity contribution in [3.05, 3.63) is 33.3 Å². The summed E-state index contributed by atoms with van der Waals surface area (Å²) in [5, 5.41) is 4.37. The first-order valence-electron chi connectivity index (χ1n) is 6.03. The van der Waals surface area contributed by atoms with Gasteiger partial charge in [-0.2, -0.15) is 0 Å². The maximum Gasteiger partial charge on any atom is 0.0446 e. The molecule has 1 aliphatic rings. The van der Waals surface area contributed by atoms with E-state index in [-0.39, 0.29) is 0 Å². The third-order valence-electron chi connectivity index (χ3n) is 3.96. The van der Waals surface area contributed by atoms with Crippen molar-refractivity contribution in [3.8, 4) is 0 Å². The molecule has 0 heterocycles. The van der Waals surface area contributed by atoms with Crippen LogP contribution in [-0.4, -0.2) is 7.05 Å². The summed E-state index contributed by atoms with van der Waals surface area (Å²) in [5.74, 6) is 0.589. The summed E-state index contributed by atoms with van der Waals surface area (Å²) in [6, 6.07) is 2.59. The maximum atomic E-state index is 6.41. The number of benzene rings is 1. The molecule has 1 aliphatic carbocycles. The molecule has 0 amide bonds. The Balaban J connectivity index is 2.67. The van der Waals surface area contributed by atoms with Crippen LogP contribution in [0.25, 0.3) is 0 Å². The molecule has 1 aromatic rings. The number of fused-ring (bicyclic) bond motifs is 1. The second kappa shape index (κ2) is 4.38. The Bertz CT molecular complexity index is 412. The molecule has 1 N–H and O–H groups in total. The fourth-order valence-electron chi connectivity index (χ4n) is 2.86. The van der Waals surface area contributed by atoms with Crippen molar-refractivity contribution in [1.29, 1.82) is 0 Å². The number of nitrogens with one attached hydrogen (secondary N) is 1. The van der Waals surface area contributed by atoms with Gasteiger partial charge in [0.15, 0.2) is 0 Å². The van der Waals surface area contributed by atoms with E-state index in [1.807, 2.05) is 7.05 Å². The van der Waals surface area contributed by atoms with E-state index in [0.29, 0.717) is 12.0 Å². The first-order chi connectivity index (χ1) is 7.56. The molecule has 0 spiro atoms. The van der Waals surface area contributed by atoms with Gasteiger partial charge in [0.25, 0.3) is 0 Å². The monoisotopic (exact) mass is 237 g/mol. The smallest absolute Gasteiger partial charge is 0.0446 e. The average Bonchev–Trinajstić information content (AvgIpc) is 2.25. The van der Waals surface area contributed by atoms with Crippen LogP contribution in [0.2, 0.25) is 5.02 Å². The summed E-state index contributed by atoms with van der Waals surface area (Å²) in [4.78, 5) is 0. The molecule has 1 aromatic carbocycles. The number of halogens is 1. The maximum absolute atomic E-state index is 6.41. The van der Waals surface area contributed by atoms with E-state index in [2.05, 4.69) is 32.2 Å². The van der Waals surface area contributed by atoms with Crippen LogP contribution in [0.15, 0.2) is 6.07 Å². The predicted molar refractivity (Wildman–Crippen MR) is 70.4 cm³/mol. The van der Waals surface area contributed by atoms with Gasteiger partial charge in [0.2, 0.25) is 0 Å². The van der Waals surface area contributed by atoms with Crippen molar-refractivity contribution >= 4 is 11.6 Å². The Morgan fingerprint density at radius 1 is 1.25 bits per heavy atom. The van der Waals surface area contributed by atoms with Crippen molar-refractivity contribution < 1.29 is 0 Å². The summed E-state index contributed by atoms with van der Waals surface area (Å²) in [7, 11) is 2.04. The molecule has 0 bridgehead atoms. The van der Waals surface area contributed by atoms with Crippen LogP contribution < -0.4 is 5.32 Å². The van der Waals surface area contributed by atoms with E-state index in [4.69, 9.17) is 11.6 Å². The number of hydrogen-bond acceptors (Lipinski definition) is 1. The number of hydrogen-bond donors (Lipinski definition) is 1. The highest BCUT2D eigenvalue weighted by Crippen LogP contribution is 2.43. The Kier molecular flexibility index (Phi) is 3.27. The molecule has 0 radical (unpaired) electrons. The Morgan fingerprint density at radius 3 is 2.56 bits per heavy atom. The molecule has 0 aromatic heterocycles. The van der Waals surface area contributed by atoms with Crippen molar-refractivity contribution in [2.45, 2.75) is 45.6 Å². The molecule has 2 heteroatoms. The summed E-state index contributed by atoms with van der Waals surface area (Å²) in [6.07, 6.45) is 2.44. The fraction of sp³-hybridized carbons (Fsp3) is 0.571. The van der Waals surface area contributed by atoms with Gasteiger partial charge in [-0.25, -0.2) is 0 Å². The summed E-state index contributed by atoms with van der Waals surface area (Å²) in [5.41, 5.74) is 5.53.